The number of rotatable bonds is 7. The number of thiophene rings is 1. The van der Waals surface area contributed by atoms with Crippen molar-refractivity contribution >= 4 is 28.8 Å². The third kappa shape index (κ3) is 4.20. The predicted octanol–water partition coefficient (Wildman–Crippen LogP) is 4.39. The zero-order valence-electron chi connectivity index (χ0n) is 14.5. The van der Waals surface area contributed by atoms with Gasteiger partial charge in [-0.2, -0.15) is 0 Å². The minimum Gasteiger partial charge on any atom is -0.376 e. The lowest BCUT2D eigenvalue weighted by molar-refractivity contribution is -0.384. The Morgan fingerprint density at radius 3 is 2.81 bits per heavy atom. The molecule has 0 spiro atoms. The first-order valence-corrected chi connectivity index (χ1v) is 10.5. The fraction of sp³-hybridized carbons (Fsp3) is 0.333. The van der Waals surface area contributed by atoms with Crippen molar-refractivity contribution in [2.24, 2.45) is 0 Å². The lowest BCUT2D eigenvalue weighted by Crippen LogP contribution is -2.16. The largest absolute Gasteiger partial charge is 0.376 e. The molecule has 4 rings (SSSR count). The molecule has 0 amide bonds. The number of hydrogen-bond acceptors (Lipinski definition) is 7. The molecule has 1 aliphatic rings. The van der Waals surface area contributed by atoms with Crippen molar-refractivity contribution in [1.82, 2.24) is 14.8 Å². The number of nitro benzene ring substituents is 1. The average Bonchev–Trinajstić information content (AvgIpc) is 3.43. The van der Waals surface area contributed by atoms with Crippen LogP contribution in [0.1, 0.15) is 18.4 Å². The fourth-order valence-electron chi connectivity index (χ4n) is 3.00. The summed E-state index contributed by atoms with van der Waals surface area (Å²) >= 11 is 3.23. The quantitative estimate of drug-likeness (QED) is 0.331. The maximum absolute atomic E-state index is 10.8. The highest BCUT2D eigenvalue weighted by Gasteiger charge is 2.22. The summed E-state index contributed by atoms with van der Waals surface area (Å²) in [6, 6.07) is 10.7. The Bertz CT molecular complexity index is 903. The van der Waals surface area contributed by atoms with E-state index in [1.807, 2.05) is 17.5 Å². The Labute approximate surface area is 164 Å². The van der Waals surface area contributed by atoms with Crippen LogP contribution >= 0.6 is 23.1 Å². The number of benzene rings is 1. The Morgan fingerprint density at radius 1 is 1.30 bits per heavy atom. The van der Waals surface area contributed by atoms with Gasteiger partial charge in [0.05, 0.1) is 22.4 Å². The van der Waals surface area contributed by atoms with Crippen molar-refractivity contribution in [3.63, 3.8) is 0 Å². The summed E-state index contributed by atoms with van der Waals surface area (Å²) in [5.41, 5.74) is 1.11. The zero-order chi connectivity index (χ0) is 18.6. The van der Waals surface area contributed by atoms with Gasteiger partial charge in [0.2, 0.25) is 0 Å². The predicted molar refractivity (Wildman–Crippen MR) is 105 cm³/mol. The molecule has 0 saturated carbocycles. The van der Waals surface area contributed by atoms with Crippen LogP contribution < -0.4 is 0 Å². The van der Waals surface area contributed by atoms with Crippen LogP contribution in [-0.2, 0) is 17.0 Å². The van der Waals surface area contributed by atoms with Crippen LogP contribution in [0, 0.1) is 10.1 Å². The first kappa shape index (κ1) is 18.1. The normalized spacial score (nSPS) is 16.7. The smallest absolute Gasteiger partial charge is 0.269 e. The molecule has 1 aromatic carbocycles. The van der Waals surface area contributed by atoms with Gasteiger partial charge in [-0.25, -0.2) is 0 Å². The van der Waals surface area contributed by atoms with Crippen molar-refractivity contribution in [1.29, 1.82) is 0 Å². The van der Waals surface area contributed by atoms with E-state index in [0.717, 1.165) is 47.4 Å². The molecule has 1 fully saturated rings. The Kier molecular flexibility index (Phi) is 5.51. The summed E-state index contributed by atoms with van der Waals surface area (Å²) in [4.78, 5) is 11.5. The first-order valence-electron chi connectivity index (χ1n) is 8.65. The molecule has 140 valence electrons. The summed E-state index contributed by atoms with van der Waals surface area (Å²) < 4.78 is 7.94. The minimum atomic E-state index is -0.386. The molecule has 2 aromatic heterocycles. The molecule has 0 N–H and O–H groups in total. The fourth-order valence-corrected chi connectivity index (χ4v) is 4.62. The van der Waals surface area contributed by atoms with Gasteiger partial charge in [0.25, 0.3) is 5.69 Å². The standard InChI is InChI=1S/C18H18N4O3S2/c23-22(24)14-7-5-13(6-8-14)12-27-18-20-19-17(16-4-2-10-26-16)21(18)11-15-3-1-9-25-15/h2,4-8,10,15H,1,3,9,11-12H2/t15-/m0/s1. The molecule has 0 radical (unpaired) electrons. The molecule has 3 aromatic rings. The molecule has 0 bridgehead atoms. The summed E-state index contributed by atoms with van der Waals surface area (Å²) in [7, 11) is 0. The topological polar surface area (TPSA) is 83.1 Å². The van der Waals surface area contributed by atoms with Crippen LogP contribution in [0.5, 0.6) is 0 Å². The molecular formula is C18H18N4O3S2. The lowest BCUT2D eigenvalue weighted by atomic mass is 10.2. The van der Waals surface area contributed by atoms with Crippen molar-refractivity contribution in [2.45, 2.75) is 36.4 Å². The minimum absolute atomic E-state index is 0.102. The van der Waals surface area contributed by atoms with Gasteiger partial charge < -0.3 is 4.74 Å². The van der Waals surface area contributed by atoms with Crippen LogP contribution in [0.15, 0.2) is 46.9 Å². The second-order valence-corrected chi connectivity index (χ2v) is 8.13. The number of thioether (sulfide) groups is 1. The second kappa shape index (κ2) is 8.20. The Balaban J connectivity index is 1.53. The molecule has 9 heteroatoms. The summed E-state index contributed by atoms with van der Waals surface area (Å²) in [5, 5.41) is 22.5. The van der Waals surface area contributed by atoms with Crippen molar-refractivity contribution in [2.75, 3.05) is 6.61 Å². The summed E-state index contributed by atoms with van der Waals surface area (Å²) in [5.74, 6) is 1.54. The van der Waals surface area contributed by atoms with E-state index in [1.165, 1.54) is 12.1 Å². The maximum Gasteiger partial charge on any atom is 0.269 e. The highest BCUT2D eigenvalue weighted by atomic mass is 32.2. The summed E-state index contributed by atoms with van der Waals surface area (Å²) in [6.45, 7) is 1.55. The number of ether oxygens (including phenoxy) is 1. The number of non-ortho nitro benzene ring substituents is 1. The molecule has 0 aliphatic carbocycles. The average molecular weight is 403 g/mol. The molecule has 1 atom stereocenters. The van der Waals surface area contributed by atoms with Crippen LogP contribution in [0.4, 0.5) is 5.69 Å². The van der Waals surface area contributed by atoms with Gasteiger partial charge in [0.1, 0.15) is 0 Å². The van der Waals surface area contributed by atoms with Crippen LogP contribution in [0.2, 0.25) is 0 Å². The van der Waals surface area contributed by atoms with Gasteiger partial charge in [-0.15, -0.1) is 21.5 Å². The van der Waals surface area contributed by atoms with Crippen LogP contribution in [0.25, 0.3) is 10.7 Å². The number of nitrogens with zero attached hydrogens (tertiary/aromatic N) is 4. The molecule has 1 saturated heterocycles. The van der Waals surface area contributed by atoms with Gasteiger partial charge >= 0.3 is 0 Å². The first-order chi connectivity index (χ1) is 13.2. The van der Waals surface area contributed by atoms with E-state index in [1.54, 1.807) is 35.2 Å². The van der Waals surface area contributed by atoms with Crippen molar-refractivity contribution in [3.05, 3.63) is 57.5 Å². The third-order valence-corrected chi connectivity index (χ3v) is 6.29. The highest BCUT2D eigenvalue weighted by Crippen LogP contribution is 2.30. The third-order valence-electron chi connectivity index (χ3n) is 4.38. The van der Waals surface area contributed by atoms with E-state index in [9.17, 15) is 10.1 Å². The van der Waals surface area contributed by atoms with Crippen molar-refractivity contribution < 1.29 is 9.66 Å². The van der Waals surface area contributed by atoms with Crippen molar-refractivity contribution in [3.8, 4) is 10.7 Å². The van der Waals surface area contributed by atoms with Gasteiger partial charge in [0, 0.05) is 24.5 Å². The number of nitro groups is 1. The molecule has 27 heavy (non-hydrogen) atoms. The Hall–Kier alpha value is -2.23. The van der Waals surface area contributed by atoms with E-state index in [4.69, 9.17) is 4.74 Å². The van der Waals surface area contributed by atoms with E-state index < -0.39 is 0 Å². The van der Waals surface area contributed by atoms with Gasteiger partial charge in [-0.05, 0) is 29.9 Å². The van der Waals surface area contributed by atoms with E-state index in [0.29, 0.717) is 5.75 Å². The Morgan fingerprint density at radius 2 is 2.15 bits per heavy atom. The highest BCUT2D eigenvalue weighted by molar-refractivity contribution is 7.98. The van der Waals surface area contributed by atoms with Crippen LogP contribution in [0.3, 0.4) is 0 Å². The summed E-state index contributed by atoms with van der Waals surface area (Å²) in [6.07, 6.45) is 2.33. The molecule has 3 heterocycles. The van der Waals surface area contributed by atoms with Gasteiger partial charge in [-0.1, -0.05) is 30.0 Å². The van der Waals surface area contributed by atoms with E-state index in [2.05, 4.69) is 14.8 Å². The van der Waals surface area contributed by atoms with E-state index >= 15 is 0 Å². The zero-order valence-corrected chi connectivity index (χ0v) is 16.1. The van der Waals surface area contributed by atoms with Gasteiger partial charge in [-0.3, -0.25) is 14.7 Å². The molecule has 7 nitrogen and oxygen atoms in total. The number of hydrogen-bond donors (Lipinski definition) is 0. The van der Waals surface area contributed by atoms with E-state index in [-0.39, 0.29) is 16.7 Å². The lowest BCUT2D eigenvalue weighted by Gasteiger charge is -2.14. The molecule has 1 aliphatic heterocycles. The maximum atomic E-state index is 10.8. The second-order valence-electron chi connectivity index (χ2n) is 6.24. The monoisotopic (exact) mass is 402 g/mol. The van der Waals surface area contributed by atoms with Gasteiger partial charge in [0.15, 0.2) is 11.0 Å². The molecular weight excluding hydrogens is 384 g/mol. The molecule has 0 unspecified atom stereocenters. The van der Waals surface area contributed by atoms with Crippen LogP contribution in [-0.4, -0.2) is 32.4 Å². The SMILES string of the molecule is O=[N+]([O-])c1ccc(CSc2nnc(-c3cccs3)n2C[C@@H]2CCCO2)cc1. The number of aromatic nitrogens is 3.